The number of para-hydroxylation sites is 2. The Balaban J connectivity index is 1.67. The number of benzene rings is 2. The van der Waals surface area contributed by atoms with Crippen LogP contribution >= 0.6 is 0 Å². The van der Waals surface area contributed by atoms with Crippen LogP contribution in [0.3, 0.4) is 0 Å². The van der Waals surface area contributed by atoms with Crippen LogP contribution in [0.25, 0.3) is 0 Å². The van der Waals surface area contributed by atoms with E-state index in [4.69, 9.17) is 9.47 Å². The molecular weight excluding hydrogens is 344 g/mol. The first kappa shape index (κ1) is 20.6. The van der Waals surface area contributed by atoms with E-state index in [-0.39, 0.29) is 11.9 Å². The van der Waals surface area contributed by atoms with E-state index in [9.17, 15) is 9.59 Å². The Morgan fingerprint density at radius 1 is 0.741 bits per heavy atom. The normalized spacial score (nSPS) is 10.4. The standard InChI is InChI=1S/C21H26N2O4/c1-16(24)26-20-10-5-3-8-18(20)14-22-12-7-13-23-15-19-9-4-6-11-21(19)27-17(2)25/h3-6,8-11,22-23H,7,12-15H2,1-2H3. The minimum atomic E-state index is -0.319. The lowest BCUT2D eigenvalue weighted by atomic mass is 10.2. The summed E-state index contributed by atoms with van der Waals surface area (Å²) >= 11 is 0. The van der Waals surface area contributed by atoms with Gasteiger partial charge in [-0.15, -0.1) is 0 Å². The molecule has 0 fully saturated rings. The highest BCUT2D eigenvalue weighted by molar-refractivity contribution is 5.70. The molecule has 0 aromatic heterocycles. The molecule has 6 heteroatoms. The zero-order valence-corrected chi connectivity index (χ0v) is 15.8. The molecule has 0 spiro atoms. The van der Waals surface area contributed by atoms with Crippen molar-refractivity contribution in [3.8, 4) is 11.5 Å². The van der Waals surface area contributed by atoms with Crippen LogP contribution in [-0.2, 0) is 22.7 Å². The molecule has 0 saturated carbocycles. The largest absolute Gasteiger partial charge is 0.426 e. The number of carbonyl (C=O) groups is 2. The van der Waals surface area contributed by atoms with E-state index >= 15 is 0 Å². The Morgan fingerprint density at radius 2 is 1.15 bits per heavy atom. The molecule has 0 amide bonds. The molecule has 0 bridgehead atoms. The predicted molar refractivity (Wildman–Crippen MR) is 104 cm³/mol. The Hall–Kier alpha value is -2.70. The molecule has 144 valence electrons. The third kappa shape index (κ3) is 7.60. The van der Waals surface area contributed by atoms with Gasteiger partial charge in [0.2, 0.25) is 0 Å². The second-order valence-electron chi connectivity index (χ2n) is 6.11. The SMILES string of the molecule is CC(=O)Oc1ccccc1CNCCCNCc1ccccc1OC(C)=O. The molecule has 0 unspecified atom stereocenters. The number of esters is 2. The van der Waals surface area contributed by atoms with Gasteiger partial charge in [0.15, 0.2) is 0 Å². The summed E-state index contributed by atoms with van der Waals surface area (Å²) in [5.41, 5.74) is 1.91. The van der Waals surface area contributed by atoms with Crippen molar-refractivity contribution in [2.24, 2.45) is 0 Å². The van der Waals surface area contributed by atoms with E-state index in [0.717, 1.165) is 30.6 Å². The zero-order chi connectivity index (χ0) is 19.5. The summed E-state index contributed by atoms with van der Waals surface area (Å²) in [4.78, 5) is 22.3. The maximum absolute atomic E-state index is 11.1. The zero-order valence-electron chi connectivity index (χ0n) is 15.8. The summed E-state index contributed by atoms with van der Waals surface area (Å²) in [5, 5.41) is 6.70. The van der Waals surface area contributed by atoms with E-state index < -0.39 is 0 Å². The Kier molecular flexibility index (Phi) is 8.48. The number of hydrogen-bond acceptors (Lipinski definition) is 6. The van der Waals surface area contributed by atoms with Crippen LogP contribution < -0.4 is 20.1 Å². The van der Waals surface area contributed by atoms with Crippen LogP contribution in [0.15, 0.2) is 48.5 Å². The lowest BCUT2D eigenvalue weighted by molar-refractivity contribution is -0.132. The van der Waals surface area contributed by atoms with Gasteiger partial charge in [0.05, 0.1) is 0 Å². The molecule has 0 saturated heterocycles. The molecule has 2 rings (SSSR count). The maximum Gasteiger partial charge on any atom is 0.308 e. The highest BCUT2D eigenvalue weighted by atomic mass is 16.5. The fourth-order valence-corrected chi connectivity index (χ4v) is 2.59. The average Bonchev–Trinajstić information content (AvgIpc) is 2.62. The quantitative estimate of drug-likeness (QED) is 0.380. The first-order chi connectivity index (χ1) is 13.1. The summed E-state index contributed by atoms with van der Waals surface area (Å²) in [6.45, 7) is 5.72. The molecular formula is C21H26N2O4. The van der Waals surface area contributed by atoms with Gasteiger partial charge in [0.25, 0.3) is 0 Å². The van der Waals surface area contributed by atoms with Gasteiger partial charge in [-0.2, -0.15) is 0 Å². The van der Waals surface area contributed by atoms with E-state index in [0.29, 0.717) is 24.6 Å². The molecule has 2 aromatic rings. The van der Waals surface area contributed by atoms with Crippen molar-refractivity contribution in [2.75, 3.05) is 13.1 Å². The van der Waals surface area contributed by atoms with Crippen molar-refractivity contribution in [1.82, 2.24) is 10.6 Å². The first-order valence-electron chi connectivity index (χ1n) is 9.00. The van der Waals surface area contributed by atoms with Gasteiger partial charge in [0, 0.05) is 38.1 Å². The highest BCUT2D eigenvalue weighted by Gasteiger charge is 2.06. The van der Waals surface area contributed by atoms with Gasteiger partial charge < -0.3 is 20.1 Å². The number of carbonyl (C=O) groups excluding carboxylic acids is 2. The molecule has 0 aliphatic heterocycles. The van der Waals surface area contributed by atoms with Crippen molar-refractivity contribution in [2.45, 2.75) is 33.4 Å². The minimum absolute atomic E-state index is 0.319. The van der Waals surface area contributed by atoms with Gasteiger partial charge >= 0.3 is 11.9 Å². The Morgan fingerprint density at radius 3 is 1.56 bits per heavy atom. The summed E-state index contributed by atoms with van der Waals surface area (Å²) in [5.74, 6) is 0.553. The van der Waals surface area contributed by atoms with Gasteiger partial charge in [-0.05, 0) is 31.6 Å². The Bertz CT molecular complexity index is 698. The second-order valence-corrected chi connectivity index (χ2v) is 6.11. The molecule has 0 aliphatic rings. The molecule has 2 aromatic carbocycles. The van der Waals surface area contributed by atoms with Crippen molar-refractivity contribution >= 4 is 11.9 Å². The van der Waals surface area contributed by atoms with Gasteiger partial charge in [-0.3, -0.25) is 9.59 Å². The van der Waals surface area contributed by atoms with E-state index in [1.807, 2.05) is 36.4 Å². The van der Waals surface area contributed by atoms with E-state index in [1.54, 1.807) is 12.1 Å². The van der Waals surface area contributed by atoms with E-state index in [2.05, 4.69) is 10.6 Å². The first-order valence-corrected chi connectivity index (χ1v) is 9.00. The average molecular weight is 370 g/mol. The molecule has 0 aliphatic carbocycles. The summed E-state index contributed by atoms with van der Waals surface area (Å²) in [6.07, 6.45) is 0.936. The molecule has 27 heavy (non-hydrogen) atoms. The van der Waals surface area contributed by atoms with Crippen LogP contribution in [0.4, 0.5) is 0 Å². The topological polar surface area (TPSA) is 76.7 Å². The minimum Gasteiger partial charge on any atom is -0.426 e. The third-order valence-electron chi connectivity index (χ3n) is 3.79. The summed E-state index contributed by atoms with van der Waals surface area (Å²) < 4.78 is 10.4. The summed E-state index contributed by atoms with van der Waals surface area (Å²) in [7, 11) is 0. The lowest BCUT2D eigenvalue weighted by Crippen LogP contribution is -2.22. The maximum atomic E-state index is 11.1. The number of ether oxygens (including phenoxy) is 2. The van der Waals surface area contributed by atoms with Crippen LogP contribution in [0, 0.1) is 0 Å². The number of hydrogen-bond donors (Lipinski definition) is 2. The molecule has 2 N–H and O–H groups in total. The molecule has 0 radical (unpaired) electrons. The molecule has 0 atom stereocenters. The fraction of sp³-hybridized carbons (Fsp3) is 0.333. The van der Waals surface area contributed by atoms with Crippen molar-refractivity contribution < 1.29 is 19.1 Å². The monoisotopic (exact) mass is 370 g/mol. The third-order valence-corrected chi connectivity index (χ3v) is 3.79. The Labute approximate surface area is 159 Å². The smallest absolute Gasteiger partial charge is 0.308 e. The number of nitrogens with one attached hydrogen (secondary N) is 2. The summed E-state index contributed by atoms with van der Waals surface area (Å²) in [6, 6.07) is 15.0. The van der Waals surface area contributed by atoms with E-state index in [1.165, 1.54) is 13.8 Å². The van der Waals surface area contributed by atoms with Gasteiger partial charge in [-0.25, -0.2) is 0 Å². The number of rotatable bonds is 10. The second kappa shape index (κ2) is 11.1. The van der Waals surface area contributed by atoms with Crippen LogP contribution in [0.5, 0.6) is 11.5 Å². The lowest BCUT2D eigenvalue weighted by Gasteiger charge is -2.11. The van der Waals surface area contributed by atoms with Crippen molar-refractivity contribution in [3.05, 3.63) is 59.7 Å². The highest BCUT2D eigenvalue weighted by Crippen LogP contribution is 2.18. The van der Waals surface area contributed by atoms with Crippen molar-refractivity contribution in [3.63, 3.8) is 0 Å². The predicted octanol–water partition coefficient (Wildman–Crippen LogP) is 2.81. The van der Waals surface area contributed by atoms with Crippen molar-refractivity contribution in [1.29, 1.82) is 0 Å². The van der Waals surface area contributed by atoms with Crippen LogP contribution in [0.2, 0.25) is 0 Å². The fourth-order valence-electron chi connectivity index (χ4n) is 2.59. The van der Waals surface area contributed by atoms with Crippen LogP contribution in [-0.4, -0.2) is 25.0 Å². The van der Waals surface area contributed by atoms with Gasteiger partial charge in [0.1, 0.15) is 11.5 Å². The molecule has 6 nitrogen and oxygen atoms in total. The van der Waals surface area contributed by atoms with Crippen LogP contribution in [0.1, 0.15) is 31.4 Å². The molecule has 0 heterocycles. The van der Waals surface area contributed by atoms with Gasteiger partial charge in [-0.1, -0.05) is 36.4 Å².